The summed E-state index contributed by atoms with van der Waals surface area (Å²) in [5.74, 6) is 0. The van der Waals surface area contributed by atoms with Crippen LogP contribution in [0.15, 0.2) is 41.3 Å². The minimum Gasteiger partial charge on any atom is -0.280 e. The maximum Gasteiger partial charge on any atom is 0.262 e. The van der Waals surface area contributed by atoms with Gasteiger partial charge in [0.05, 0.1) is 25.8 Å². The Kier molecular flexibility index (Phi) is 3.84. The van der Waals surface area contributed by atoms with E-state index in [2.05, 4.69) is 9.71 Å². The maximum absolute atomic E-state index is 12.5. The molecule has 0 radical (unpaired) electrons. The Morgan fingerprint density at radius 2 is 1.95 bits per heavy atom. The van der Waals surface area contributed by atoms with Crippen LogP contribution in [-0.4, -0.2) is 13.4 Å². The van der Waals surface area contributed by atoms with Gasteiger partial charge >= 0.3 is 0 Å². The van der Waals surface area contributed by atoms with Crippen LogP contribution in [-0.2, 0) is 10.0 Å². The smallest absolute Gasteiger partial charge is 0.262 e. The first-order valence-electron chi connectivity index (χ1n) is 6.52. The highest BCUT2D eigenvalue weighted by molar-refractivity contribution is 7.92. The molecular formula is C15H13ClN2O2S2. The van der Waals surface area contributed by atoms with Crippen LogP contribution >= 0.6 is 22.9 Å². The number of fused-ring (bicyclic) bond motifs is 1. The number of hydrogen-bond donors (Lipinski definition) is 1. The monoisotopic (exact) mass is 352 g/mol. The zero-order valence-electron chi connectivity index (χ0n) is 11.9. The van der Waals surface area contributed by atoms with Crippen molar-refractivity contribution in [1.29, 1.82) is 0 Å². The van der Waals surface area contributed by atoms with E-state index in [1.807, 2.05) is 13.0 Å². The highest BCUT2D eigenvalue weighted by Gasteiger charge is 2.18. The van der Waals surface area contributed by atoms with E-state index >= 15 is 0 Å². The van der Waals surface area contributed by atoms with Crippen molar-refractivity contribution in [3.8, 4) is 0 Å². The SMILES string of the molecule is Cc1nc2cc(NS(=O)(=O)c3cccc(Cl)c3C)ccc2s1. The quantitative estimate of drug-likeness (QED) is 0.761. The summed E-state index contributed by atoms with van der Waals surface area (Å²) in [6.07, 6.45) is 0. The van der Waals surface area contributed by atoms with E-state index in [1.165, 1.54) is 6.07 Å². The fraction of sp³-hybridized carbons (Fsp3) is 0.133. The Morgan fingerprint density at radius 1 is 1.18 bits per heavy atom. The van der Waals surface area contributed by atoms with Crippen molar-refractivity contribution < 1.29 is 8.42 Å². The van der Waals surface area contributed by atoms with E-state index in [4.69, 9.17) is 11.6 Å². The third-order valence-corrected chi connectivity index (χ3v) is 6.14. The largest absolute Gasteiger partial charge is 0.280 e. The predicted octanol–water partition coefficient (Wildman–Crippen LogP) is 4.37. The molecule has 0 atom stereocenters. The van der Waals surface area contributed by atoms with Crippen molar-refractivity contribution >= 4 is 48.9 Å². The lowest BCUT2D eigenvalue weighted by atomic mass is 10.2. The van der Waals surface area contributed by atoms with Gasteiger partial charge in [-0.2, -0.15) is 0 Å². The molecule has 1 heterocycles. The Labute approximate surface area is 137 Å². The van der Waals surface area contributed by atoms with Crippen molar-refractivity contribution in [3.63, 3.8) is 0 Å². The Balaban J connectivity index is 2.00. The van der Waals surface area contributed by atoms with Gasteiger partial charge in [-0.25, -0.2) is 13.4 Å². The lowest BCUT2D eigenvalue weighted by molar-refractivity contribution is 0.600. The summed E-state index contributed by atoms with van der Waals surface area (Å²) in [6, 6.07) is 10.2. The Bertz CT molecular complexity index is 965. The number of nitrogens with zero attached hydrogens (tertiary/aromatic N) is 1. The predicted molar refractivity (Wildman–Crippen MR) is 91.4 cm³/mol. The van der Waals surface area contributed by atoms with Crippen molar-refractivity contribution in [2.45, 2.75) is 18.7 Å². The second-order valence-corrected chi connectivity index (χ2v) is 8.18. The number of anilines is 1. The van der Waals surface area contributed by atoms with Gasteiger partial charge in [-0.15, -0.1) is 11.3 Å². The number of benzene rings is 2. The summed E-state index contributed by atoms with van der Waals surface area (Å²) in [7, 11) is -3.69. The van der Waals surface area contributed by atoms with Gasteiger partial charge < -0.3 is 0 Å². The standard InChI is InChI=1S/C15H13ClN2O2S2/c1-9-12(16)4-3-5-15(9)22(19,20)18-11-6-7-14-13(8-11)17-10(2)21-14/h3-8,18H,1-2H3. The van der Waals surface area contributed by atoms with Gasteiger partial charge in [-0.05, 0) is 49.7 Å². The number of rotatable bonds is 3. The summed E-state index contributed by atoms with van der Waals surface area (Å²) < 4.78 is 28.7. The number of hydrogen-bond acceptors (Lipinski definition) is 4. The van der Waals surface area contributed by atoms with Gasteiger partial charge in [0, 0.05) is 5.02 Å². The van der Waals surface area contributed by atoms with Gasteiger partial charge in [0.1, 0.15) is 0 Å². The number of aryl methyl sites for hydroxylation is 1. The highest BCUT2D eigenvalue weighted by atomic mass is 35.5. The molecule has 3 aromatic rings. The molecule has 0 amide bonds. The first-order valence-corrected chi connectivity index (χ1v) is 9.20. The molecule has 1 aromatic heterocycles. The van der Waals surface area contributed by atoms with Gasteiger partial charge in [0.15, 0.2) is 0 Å². The molecule has 0 unspecified atom stereocenters. The Hall–Kier alpha value is -1.63. The zero-order valence-corrected chi connectivity index (χ0v) is 14.3. The molecule has 0 aliphatic rings. The Morgan fingerprint density at radius 3 is 2.73 bits per heavy atom. The van der Waals surface area contributed by atoms with Crippen LogP contribution in [0.25, 0.3) is 10.2 Å². The molecule has 0 saturated heterocycles. The number of thiazole rings is 1. The molecule has 7 heteroatoms. The van der Waals surface area contributed by atoms with E-state index in [0.29, 0.717) is 16.3 Å². The lowest BCUT2D eigenvalue weighted by Crippen LogP contribution is -2.14. The van der Waals surface area contributed by atoms with E-state index in [-0.39, 0.29) is 4.90 Å². The molecule has 22 heavy (non-hydrogen) atoms. The van der Waals surface area contributed by atoms with Gasteiger partial charge in [0.25, 0.3) is 10.0 Å². The van der Waals surface area contributed by atoms with Crippen molar-refractivity contribution in [3.05, 3.63) is 52.0 Å². The third-order valence-electron chi connectivity index (χ3n) is 3.25. The third kappa shape index (κ3) is 2.82. The maximum atomic E-state index is 12.5. The average molecular weight is 353 g/mol. The van der Waals surface area contributed by atoms with Crippen LogP contribution in [0.3, 0.4) is 0 Å². The fourth-order valence-corrected chi connectivity index (χ4v) is 4.55. The topological polar surface area (TPSA) is 59.1 Å². The number of sulfonamides is 1. The first kappa shape index (κ1) is 15.3. The minimum atomic E-state index is -3.69. The summed E-state index contributed by atoms with van der Waals surface area (Å²) in [5, 5.41) is 1.37. The van der Waals surface area contributed by atoms with Crippen molar-refractivity contribution in [1.82, 2.24) is 4.98 Å². The van der Waals surface area contributed by atoms with Crippen LogP contribution < -0.4 is 4.72 Å². The lowest BCUT2D eigenvalue weighted by Gasteiger charge is -2.11. The summed E-state index contributed by atoms with van der Waals surface area (Å²) in [4.78, 5) is 4.55. The van der Waals surface area contributed by atoms with E-state index in [1.54, 1.807) is 42.5 Å². The molecular weight excluding hydrogens is 340 g/mol. The van der Waals surface area contributed by atoms with Gasteiger partial charge in [-0.1, -0.05) is 17.7 Å². The normalized spacial score (nSPS) is 11.8. The molecule has 0 saturated carbocycles. The van der Waals surface area contributed by atoms with E-state index in [9.17, 15) is 8.42 Å². The van der Waals surface area contributed by atoms with Gasteiger partial charge in [0.2, 0.25) is 0 Å². The van der Waals surface area contributed by atoms with Crippen LogP contribution in [0.5, 0.6) is 0 Å². The molecule has 3 rings (SSSR count). The molecule has 0 aliphatic carbocycles. The van der Waals surface area contributed by atoms with Crippen molar-refractivity contribution in [2.24, 2.45) is 0 Å². The summed E-state index contributed by atoms with van der Waals surface area (Å²) >= 11 is 7.58. The molecule has 2 aromatic carbocycles. The molecule has 0 aliphatic heterocycles. The molecule has 4 nitrogen and oxygen atoms in total. The van der Waals surface area contributed by atoms with E-state index < -0.39 is 10.0 Å². The molecule has 1 N–H and O–H groups in total. The first-order chi connectivity index (χ1) is 10.4. The average Bonchev–Trinajstić information content (AvgIpc) is 2.80. The molecule has 114 valence electrons. The number of nitrogens with one attached hydrogen (secondary N) is 1. The summed E-state index contributed by atoms with van der Waals surface area (Å²) in [5.41, 5.74) is 1.80. The highest BCUT2D eigenvalue weighted by Crippen LogP contribution is 2.28. The fourth-order valence-electron chi connectivity index (χ4n) is 2.20. The molecule has 0 spiro atoms. The second kappa shape index (κ2) is 5.53. The van der Waals surface area contributed by atoms with Crippen LogP contribution in [0.1, 0.15) is 10.6 Å². The number of halogens is 1. The molecule has 0 fully saturated rings. The number of aromatic nitrogens is 1. The molecule has 0 bridgehead atoms. The minimum absolute atomic E-state index is 0.176. The van der Waals surface area contributed by atoms with Gasteiger partial charge in [-0.3, -0.25) is 4.72 Å². The van der Waals surface area contributed by atoms with Crippen molar-refractivity contribution in [2.75, 3.05) is 4.72 Å². The summed E-state index contributed by atoms with van der Waals surface area (Å²) in [6.45, 7) is 3.60. The van der Waals surface area contributed by atoms with Crippen LogP contribution in [0.2, 0.25) is 5.02 Å². The van der Waals surface area contributed by atoms with Crippen LogP contribution in [0.4, 0.5) is 5.69 Å². The van der Waals surface area contributed by atoms with Crippen LogP contribution in [0, 0.1) is 13.8 Å². The zero-order chi connectivity index (χ0) is 15.9. The second-order valence-electron chi connectivity index (χ2n) is 4.88. The van der Waals surface area contributed by atoms with E-state index in [0.717, 1.165) is 15.2 Å².